The van der Waals surface area contributed by atoms with Crippen molar-refractivity contribution in [1.29, 1.82) is 0 Å². The minimum atomic E-state index is -0.741. The molecule has 0 spiro atoms. The Kier molecular flexibility index (Phi) is 6.52. The Morgan fingerprint density at radius 1 is 1.10 bits per heavy atom. The van der Waals surface area contributed by atoms with Crippen LogP contribution in [0, 0.1) is 5.82 Å². The molecule has 1 fully saturated rings. The van der Waals surface area contributed by atoms with Crippen LogP contribution in [0.1, 0.15) is 23.6 Å². The van der Waals surface area contributed by atoms with Crippen molar-refractivity contribution in [2.24, 2.45) is 0 Å². The van der Waals surface area contributed by atoms with Crippen molar-refractivity contribution in [3.63, 3.8) is 0 Å². The smallest absolute Gasteiger partial charge is 0.295 e. The quantitative estimate of drug-likeness (QED) is 0.413. The van der Waals surface area contributed by atoms with Crippen molar-refractivity contribution in [2.75, 3.05) is 34.3 Å². The highest BCUT2D eigenvalue weighted by Gasteiger charge is 2.45. The number of amides is 1. The summed E-state index contributed by atoms with van der Waals surface area (Å²) in [6.45, 7) is 1.21. The molecule has 2 aromatic carbocycles. The number of Topliss-reactive ketones (excluding diaryl/α,β-unsaturated/α-hetero) is 1. The monoisotopic (exact) mass is 413 g/mol. The van der Waals surface area contributed by atoms with Crippen LogP contribution < -0.4 is 9.64 Å². The summed E-state index contributed by atoms with van der Waals surface area (Å²) in [7, 11) is 5.59. The number of benzene rings is 2. The number of rotatable bonds is 7. The van der Waals surface area contributed by atoms with Crippen molar-refractivity contribution in [1.82, 2.24) is 4.90 Å². The lowest BCUT2D eigenvalue weighted by molar-refractivity contribution is -0.858. The maximum Gasteiger partial charge on any atom is 0.295 e. The van der Waals surface area contributed by atoms with Crippen molar-refractivity contribution >= 4 is 17.4 Å². The van der Waals surface area contributed by atoms with Crippen LogP contribution in [0.4, 0.5) is 4.39 Å². The van der Waals surface area contributed by atoms with Crippen LogP contribution in [-0.2, 0) is 9.59 Å². The predicted molar refractivity (Wildman–Crippen MR) is 111 cm³/mol. The molecule has 1 aliphatic heterocycles. The van der Waals surface area contributed by atoms with Crippen molar-refractivity contribution in [3.05, 3.63) is 71.0 Å². The van der Waals surface area contributed by atoms with E-state index in [1.807, 2.05) is 14.1 Å². The van der Waals surface area contributed by atoms with Crippen LogP contribution >= 0.6 is 0 Å². The summed E-state index contributed by atoms with van der Waals surface area (Å²) in [6.07, 6.45) is 0.707. The summed E-state index contributed by atoms with van der Waals surface area (Å²) in [6, 6.07) is 11.5. The average molecular weight is 413 g/mol. The molecule has 7 heteroatoms. The highest BCUT2D eigenvalue weighted by Crippen LogP contribution is 2.39. The topological polar surface area (TPSA) is 71.3 Å². The number of carbonyl (C=O) groups excluding carboxylic acids is 2. The van der Waals surface area contributed by atoms with Crippen LogP contribution in [-0.4, -0.2) is 56.0 Å². The summed E-state index contributed by atoms with van der Waals surface area (Å²) in [5, 5.41) is 10.9. The number of aliphatic hydroxyl groups is 1. The molecule has 1 saturated heterocycles. The van der Waals surface area contributed by atoms with Crippen LogP contribution in [0.25, 0.3) is 5.76 Å². The minimum absolute atomic E-state index is 0.00831. The zero-order valence-corrected chi connectivity index (χ0v) is 17.3. The molecule has 1 aliphatic rings. The van der Waals surface area contributed by atoms with E-state index in [9.17, 15) is 19.1 Å². The van der Waals surface area contributed by atoms with Gasteiger partial charge < -0.3 is 19.6 Å². The average Bonchev–Trinajstić information content (AvgIpc) is 2.98. The largest absolute Gasteiger partial charge is 0.507 e. The van der Waals surface area contributed by atoms with E-state index in [4.69, 9.17) is 4.74 Å². The number of methoxy groups -OCH3 is 1. The lowest BCUT2D eigenvalue weighted by atomic mass is 9.95. The molecule has 0 bridgehead atoms. The summed E-state index contributed by atoms with van der Waals surface area (Å²) in [5.74, 6) is -1.51. The Bertz CT molecular complexity index is 952. The maximum absolute atomic E-state index is 13.3. The fourth-order valence-electron chi connectivity index (χ4n) is 3.61. The molecular formula is C23H26FN2O4+. The van der Waals surface area contributed by atoms with E-state index in [0.29, 0.717) is 24.3 Å². The number of nitrogens with zero attached hydrogens (tertiary/aromatic N) is 1. The van der Waals surface area contributed by atoms with E-state index in [0.717, 1.165) is 6.54 Å². The number of carbonyl (C=O) groups is 2. The Labute approximate surface area is 175 Å². The van der Waals surface area contributed by atoms with Gasteiger partial charge in [-0.15, -0.1) is 0 Å². The van der Waals surface area contributed by atoms with Crippen LogP contribution in [0.15, 0.2) is 54.1 Å². The van der Waals surface area contributed by atoms with Gasteiger partial charge in [0.1, 0.15) is 17.3 Å². The molecule has 0 radical (unpaired) electrons. The summed E-state index contributed by atoms with van der Waals surface area (Å²) < 4.78 is 18.5. The van der Waals surface area contributed by atoms with Gasteiger partial charge in [-0.1, -0.05) is 12.1 Å². The SMILES string of the molecule is COc1ccc(C2C(=C(O)c3ccc(F)cc3)C(=O)C(=O)N2CCC[NH+](C)C)cc1. The number of halogens is 1. The van der Waals surface area contributed by atoms with Crippen LogP contribution in [0.5, 0.6) is 5.75 Å². The fraction of sp³-hybridized carbons (Fsp3) is 0.304. The summed E-state index contributed by atoms with van der Waals surface area (Å²) in [5.41, 5.74) is 0.982. The van der Waals surface area contributed by atoms with E-state index in [1.165, 1.54) is 34.1 Å². The number of hydrogen-bond donors (Lipinski definition) is 2. The molecule has 0 saturated carbocycles. The number of likely N-dealkylation sites (tertiary alicyclic amines) is 1. The van der Waals surface area contributed by atoms with Gasteiger partial charge in [-0.05, 0) is 42.0 Å². The van der Waals surface area contributed by atoms with Gasteiger partial charge in [0.05, 0.1) is 39.4 Å². The van der Waals surface area contributed by atoms with E-state index in [2.05, 4.69) is 0 Å². The Morgan fingerprint density at radius 2 is 1.73 bits per heavy atom. The molecule has 1 unspecified atom stereocenters. The van der Waals surface area contributed by atoms with Gasteiger partial charge in [-0.3, -0.25) is 9.59 Å². The van der Waals surface area contributed by atoms with E-state index in [-0.39, 0.29) is 16.9 Å². The number of aliphatic hydroxyl groups excluding tert-OH is 1. The lowest BCUT2D eigenvalue weighted by Gasteiger charge is -2.25. The second kappa shape index (κ2) is 9.09. The van der Waals surface area contributed by atoms with Gasteiger partial charge in [-0.25, -0.2) is 4.39 Å². The number of quaternary nitrogens is 1. The molecule has 1 atom stereocenters. The van der Waals surface area contributed by atoms with Crippen LogP contribution in [0.2, 0.25) is 0 Å². The zero-order valence-electron chi connectivity index (χ0n) is 17.3. The molecule has 1 amide bonds. The molecule has 3 rings (SSSR count). The van der Waals surface area contributed by atoms with Crippen LogP contribution in [0.3, 0.4) is 0 Å². The first kappa shape index (κ1) is 21.5. The highest BCUT2D eigenvalue weighted by molar-refractivity contribution is 6.46. The minimum Gasteiger partial charge on any atom is -0.507 e. The third kappa shape index (κ3) is 4.36. The summed E-state index contributed by atoms with van der Waals surface area (Å²) in [4.78, 5) is 28.5. The van der Waals surface area contributed by atoms with Gasteiger partial charge in [0.25, 0.3) is 11.7 Å². The van der Waals surface area contributed by atoms with Gasteiger partial charge in [0, 0.05) is 18.5 Å². The second-order valence-corrected chi connectivity index (χ2v) is 7.58. The molecule has 1 heterocycles. The van der Waals surface area contributed by atoms with Gasteiger partial charge in [-0.2, -0.15) is 0 Å². The van der Waals surface area contributed by atoms with E-state index >= 15 is 0 Å². The highest BCUT2D eigenvalue weighted by atomic mass is 19.1. The Balaban J connectivity index is 2.07. The third-order valence-electron chi connectivity index (χ3n) is 5.16. The Morgan fingerprint density at radius 3 is 2.30 bits per heavy atom. The first-order chi connectivity index (χ1) is 14.3. The zero-order chi connectivity index (χ0) is 21.8. The van der Waals surface area contributed by atoms with Gasteiger partial charge in [0.15, 0.2) is 0 Å². The van der Waals surface area contributed by atoms with Crippen molar-refractivity contribution < 1.29 is 28.7 Å². The number of nitrogens with one attached hydrogen (secondary N) is 1. The number of hydrogen-bond acceptors (Lipinski definition) is 4. The molecule has 158 valence electrons. The molecular weight excluding hydrogens is 387 g/mol. The van der Waals surface area contributed by atoms with Crippen molar-refractivity contribution in [3.8, 4) is 5.75 Å². The number of ketones is 1. The molecule has 0 aliphatic carbocycles. The molecule has 0 aromatic heterocycles. The molecule has 2 N–H and O–H groups in total. The van der Waals surface area contributed by atoms with Gasteiger partial charge >= 0.3 is 0 Å². The fourth-order valence-corrected chi connectivity index (χ4v) is 3.61. The first-order valence-corrected chi connectivity index (χ1v) is 9.80. The normalized spacial score (nSPS) is 18.3. The van der Waals surface area contributed by atoms with E-state index in [1.54, 1.807) is 31.4 Å². The lowest BCUT2D eigenvalue weighted by Crippen LogP contribution is -3.05. The molecule has 2 aromatic rings. The first-order valence-electron chi connectivity index (χ1n) is 9.80. The van der Waals surface area contributed by atoms with Crippen molar-refractivity contribution in [2.45, 2.75) is 12.5 Å². The molecule has 30 heavy (non-hydrogen) atoms. The maximum atomic E-state index is 13.3. The molecule has 6 nitrogen and oxygen atoms in total. The predicted octanol–water partition coefficient (Wildman–Crippen LogP) is 1.79. The summed E-state index contributed by atoms with van der Waals surface area (Å²) >= 11 is 0. The van der Waals surface area contributed by atoms with E-state index < -0.39 is 23.5 Å². The second-order valence-electron chi connectivity index (χ2n) is 7.58. The third-order valence-corrected chi connectivity index (χ3v) is 5.16. The number of ether oxygens (including phenoxy) is 1. The Hall–Kier alpha value is -3.19. The van der Waals surface area contributed by atoms with Gasteiger partial charge in [0.2, 0.25) is 0 Å². The standard InChI is InChI=1S/C23H25FN2O4/c1-25(2)13-4-14-26-20(15-7-11-18(30-3)12-8-15)19(22(28)23(26)29)21(27)16-5-9-17(24)10-6-16/h5-12,20,27H,4,13-14H2,1-3H3/p+1.